The standard InChI is InChI=1S/C15H21N5O4/c1-7(2)3-8(16)10-11-14(18-5-17-10)20(6-19-11)15-13(23)12(22)9(4-21)24-15/h3,5-6,8-9,12-13,15,21-23H,4,16H2,1-2H3/t8?,9-,12-,13-,15?/m1/s1. The first-order valence-electron chi connectivity index (χ1n) is 7.64. The Labute approximate surface area is 138 Å². The quantitative estimate of drug-likeness (QED) is 0.543. The van der Waals surface area contributed by atoms with Crippen molar-refractivity contribution in [2.24, 2.45) is 5.73 Å². The maximum atomic E-state index is 10.2. The summed E-state index contributed by atoms with van der Waals surface area (Å²) in [5, 5.41) is 29.3. The van der Waals surface area contributed by atoms with E-state index in [-0.39, 0.29) is 0 Å². The summed E-state index contributed by atoms with van der Waals surface area (Å²) in [5.41, 5.74) is 8.70. The molecule has 0 spiro atoms. The van der Waals surface area contributed by atoms with Crippen LogP contribution < -0.4 is 5.73 Å². The van der Waals surface area contributed by atoms with Gasteiger partial charge in [-0.3, -0.25) is 4.57 Å². The molecule has 5 atom stereocenters. The molecular formula is C15H21N5O4. The van der Waals surface area contributed by atoms with Crippen molar-refractivity contribution >= 4 is 11.2 Å². The number of hydrogen-bond donors (Lipinski definition) is 4. The normalized spacial score (nSPS) is 28.2. The Morgan fingerprint density at radius 2 is 2.08 bits per heavy atom. The molecule has 0 radical (unpaired) electrons. The van der Waals surface area contributed by atoms with E-state index >= 15 is 0 Å². The summed E-state index contributed by atoms with van der Waals surface area (Å²) in [6.45, 7) is 3.49. The molecule has 0 saturated carbocycles. The fourth-order valence-corrected chi connectivity index (χ4v) is 2.85. The Balaban J connectivity index is 2.02. The van der Waals surface area contributed by atoms with Crippen LogP contribution in [0.5, 0.6) is 0 Å². The number of hydrogen-bond acceptors (Lipinski definition) is 8. The molecule has 3 heterocycles. The first-order valence-corrected chi connectivity index (χ1v) is 7.64. The lowest BCUT2D eigenvalue weighted by Crippen LogP contribution is -2.33. The topological polar surface area (TPSA) is 140 Å². The first kappa shape index (κ1) is 16.9. The number of fused-ring (bicyclic) bond motifs is 1. The second-order valence-corrected chi connectivity index (χ2v) is 6.08. The van der Waals surface area contributed by atoms with Gasteiger partial charge in [-0.1, -0.05) is 11.6 Å². The lowest BCUT2D eigenvalue weighted by atomic mass is 10.1. The van der Waals surface area contributed by atoms with Crippen LogP contribution in [0.3, 0.4) is 0 Å². The molecule has 2 unspecified atom stereocenters. The molecule has 1 aliphatic rings. The van der Waals surface area contributed by atoms with Gasteiger partial charge in [0.25, 0.3) is 0 Å². The number of nitrogens with zero attached hydrogens (tertiary/aromatic N) is 4. The van der Waals surface area contributed by atoms with E-state index in [1.807, 2.05) is 19.9 Å². The van der Waals surface area contributed by atoms with Crippen molar-refractivity contribution in [3.63, 3.8) is 0 Å². The molecule has 2 aromatic heterocycles. The van der Waals surface area contributed by atoms with Crippen molar-refractivity contribution in [2.45, 2.75) is 44.4 Å². The van der Waals surface area contributed by atoms with Crippen LogP contribution in [0.25, 0.3) is 11.2 Å². The highest BCUT2D eigenvalue weighted by Gasteiger charge is 2.44. The minimum absolute atomic E-state index is 0.396. The monoisotopic (exact) mass is 335 g/mol. The summed E-state index contributed by atoms with van der Waals surface area (Å²) in [6.07, 6.45) is 0.541. The van der Waals surface area contributed by atoms with Gasteiger partial charge in [0, 0.05) is 0 Å². The van der Waals surface area contributed by atoms with Crippen LogP contribution in [-0.2, 0) is 4.74 Å². The third kappa shape index (κ3) is 2.80. The average molecular weight is 335 g/mol. The van der Waals surface area contributed by atoms with Crippen molar-refractivity contribution in [3.8, 4) is 0 Å². The van der Waals surface area contributed by atoms with Crippen molar-refractivity contribution in [1.82, 2.24) is 19.5 Å². The van der Waals surface area contributed by atoms with Crippen LogP contribution >= 0.6 is 0 Å². The van der Waals surface area contributed by atoms with Gasteiger partial charge in [-0.05, 0) is 13.8 Å². The summed E-state index contributed by atoms with van der Waals surface area (Å²) in [7, 11) is 0. The zero-order valence-electron chi connectivity index (χ0n) is 13.4. The van der Waals surface area contributed by atoms with Gasteiger partial charge >= 0.3 is 0 Å². The SMILES string of the molecule is CC(C)=CC(N)c1ncnc2c1ncn2C1O[C@H](CO)[C@@H](O)[C@H]1O. The molecule has 1 aliphatic heterocycles. The van der Waals surface area contributed by atoms with E-state index in [9.17, 15) is 15.3 Å². The lowest BCUT2D eigenvalue weighted by Gasteiger charge is -2.16. The molecule has 0 amide bonds. The van der Waals surface area contributed by atoms with E-state index in [0.717, 1.165) is 5.57 Å². The summed E-state index contributed by atoms with van der Waals surface area (Å²) in [6, 6.07) is -0.436. The maximum Gasteiger partial charge on any atom is 0.165 e. The van der Waals surface area contributed by atoms with Gasteiger partial charge in [0.1, 0.15) is 30.2 Å². The van der Waals surface area contributed by atoms with Gasteiger partial charge in [0.2, 0.25) is 0 Å². The lowest BCUT2D eigenvalue weighted by molar-refractivity contribution is -0.0511. The molecule has 24 heavy (non-hydrogen) atoms. The second-order valence-electron chi connectivity index (χ2n) is 6.08. The van der Waals surface area contributed by atoms with Gasteiger partial charge in [-0.2, -0.15) is 0 Å². The number of imidazole rings is 1. The molecule has 1 saturated heterocycles. The van der Waals surface area contributed by atoms with E-state index < -0.39 is 37.2 Å². The number of allylic oxidation sites excluding steroid dienone is 1. The third-order valence-corrected chi connectivity index (χ3v) is 4.01. The number of aromatic nitrogens is 4. The van der Waals surface area contributed by atoms with Crippen LogP contribution in [0.1, 0.15) is 31.8 Å². The Morgan fingerprint density at radius 3 is 2.71 bits per heavy atom. The third-order valence-electron chi connectivity index (χ3n) is 4.01. The van der Waals surface area contributed by atoms with Crippen molar-refractivity contribution in [2.75, 3.05) is 6.61 Å². The molecular weight excluding hydrogens is 314 g/mol. The van der Waals surface area contributed by atoms with E-state index in [0.29, 0.717) is 16.9 Å². The summed E-state index contributed by atoms with van der Waals surface area (Å²) >= 11 is 0. The Bertz CT molecular complexity index is 757. The van der Waals surface area contributed by atoms with Crippen molar-refractivity contribution in [1.29, 1.82) is 0 Å². The van der Waals surface area contributed by atoms with E-state index in [4.69, 9.17) is 10.5 Å². The van der Waals surface area contributed by atoms with Gasteiger partial charge in [0.15, 0.2) is 11.9 Å². The predicted molar refractivity (Wildman–Crippen MR) is 84.7 cm³/mol. The highest BCUT2D eigenvalue weighted by atomic mass is 16.6. The van der Waals surface area contributed by atoms with Gasteiger partial charge in [-0.15, -0.1) is 0 Å². The second kappa shape index (κ2) is 6.54. The first-order chi connectivity index (χ1) is 11.4. The minimum atomic E-state index is -1.20. The smallest absolute Gasteiger partial charge is 0.165 e. The minimum Gasteiger partial charge on any atom is -0.394 e. The van der Waals surface area contributed by atoms with Crippen molar-refractivity contribution in [3.05, 3.63) is 30.0 Å². The number of ether oxygens (including phenoxy) is 1. The summed E-state index contributed by atoms with van der Waals surface area (Å²) in [5.74, 6) is 0. The average Bonchev–Trinajstić information content (AvgIpc) is 3.09. The molecule has 2 aromatic rings. The molecule has 9 heteroatoms. The predicted octanol–water partition coefficient (Wildman–Crippen LogP) is -0.596. The Kier molecular flexibility index (Phi) is 4.61. The van der Waals surface area contributed by atoms with Gasteiger partial charge in [-0.25, -0.2) is 15.0 Å². The molecule has 0 bridgehead atoms. The maximum absolute atomic E-state index is 10.2. The number of aliphatic hydroxyl groups is 3. The number of aliphatic hydroxyl groups excluding tert-OH is 3. The van der Waals surface area contributed by atoms with Crippen LogP contribution in [0, 0.1) is 0 Å². The molecule has 0 aromatic carbocycles. The molecule has 9 nitrogen and oxygen atoms in total. The molecule has 1 fully saturated rings. The molecule has 130 valence electrons. The summed E-state index contributed by atoms with van der Waals surface area (Å²) in [4.78, 5) is 12.7. The largest absolute Gasteiger partial charge is 0.394 e. The van der Waals surface area contributed by atoms with Crippen LogP contribution in [0.15, 0.2) is 24.3 Å². The van der Waals surface area contributed by atoms with Crippen molar-refractivity contribution < 1.29 is 20.1 Å². The Hall–Kier alpha value is -1.91. The van der Waals surface area contributed by atoms with Crippen LogP contribution in [-0.4, -0.2) is 59.8 Å². The van der Waals surface area contributed by atoms with Crippen LogP contribution in [0.4, 0.5) is 0 Å². The molecule has 5 N–H and O–H groups in total. The van der Waals surface area contributed by atoms with E-state index in [1.54, 1.807) is 0 Å². The summed E-state index contributed by atoms with van der Waals surface area (Å²) < 4.78 is 7.04. The molecule has 3 rings (SSSR count). The number of rotatable bonds is 4. The molecule has 0 aliphatic carbocycles. The fourth-order valence-electron chi connectivity index (χ4n) is 2.85. The fraction of sp³-hybridized carbons (Fsp3) is 0.533. The zero-order valence-corrected chi connectivity index (χ0v) is 13.4. The zero-order chi connectivity index (χ0) is 17.4. The highest BCUT2D eigenvalue weighted by Crippen LogP contribution is 2.32. The highest BCUT2D eigenvalue weighted by molar-refractivity contribution is 5.74. The van der Waals surface area contributed by atoms with E-state index in [2.05, 4.69) is 15.0 Å². The van der Waals surface area contributed by atoms with Crippen LogP contribution in [0.2, 0.25) is 0 Å². The van der Waals surface area contributed by atoms with E-state index in [1.165, 1.54) is 17.2 Å². The van der Waals surface area contributed by atoms with Gasteiger partial charge < -0.3 is 25.8 Å². The number of nitrogens with two attached hydrogens (primary N) is 1. The van der Waals surface area contributed by atoms with Gasteiger partial charge in [0.05, 0.1) is 24.7 Å². The Morgan fingerprint density at radius 1 is 1.33 bits per heavy atom.